The number of nitrogens with zero attached hydrogens (tertiary/aromatic N) is 3. The number of benzene rings is 2. The molecule has 0 spiro atoms. The van der Waals surface area contributed by atoms with E-state index in [4.69, 9.17) is 11.6 Å². The largest absolute Gasteiger partial charge is 0.324 e. The molecule has 2 aromatic carbocycles. The number of halogens is 2. The van der Waals surface area contributed by atoms with E-state index in [0.29, 0.717) is 34.5 Å². The molecule has 2 N–H and O–H groups in total. The molecule has 3 amide bonds. The molecular weight excluding hydrogens is 441 g/mol. The van der Waals surface area contributed by atoms with E-state index < -0.39 is 5.91 Å². The highest BCUT2D eigenvalue weighted by atomic mass is 35.5. The molecule has 2 heterocycles. The predicted molar refractivity (Wildman–Crippen MR) is 118 cm³/mol. The Morgan fingerprint density at radius 1 is 1.10 bits per heavy atom. The molecule has 0 saturated carbocycles. The highest BCUT2D eigenvalue weighted by Gasteiger charge is 2.28. The smallest absolute Gasteiger partial charge is 0.321 e. The van der Waals surface area contributed by atoms with Gasteiger partial charge in [-0.25, -0.2) is 9.18 Å². The minimum Gasteiger partial charge on any atom is -0.324 e. The molecular formula is C21H19ClFN5O2S. The minimum atomic E-state index is -0.401. The lowest BCUT2D eigenvalue weighted by Gasteiger charge is -2.31. The van der Waals surface area contributed by atoms with Crippen molar-refractivity contribution in [2.75, 3.05) is 23.7 Å². The highest BCUT2D eigenvalue weighted by molar-refractivity contribution is 7.13. The van der Waals surface area contributed by atoms with Gasteiger partial charge >= 0.3 is 6.03 Å². The first kappa shape index (κ1) is 21.2. The van der Waals surface area contributed by atoms with Crippen LogP contribution in [0.2, 0.25) is 5.02 Å². The Balaban J connectivity index is 1.38. The SMILES string of the molecule is O=C(Nc1ccc(F)cc1)c1nnc(C2CCCN(C(=O)Nc3cccc(Cl)c3)C2)s1. The highest BCUT2D eigenvalue weighted by Crippen LogP contribution is 2.30. The molecule has 1 unspecified atom stereocenters. The number of carbonyl (C=O) groups is 2. The van der Waals surface area contributed by atoms with Gasteiger partial charge in [0, 0.05) is 35.4 Å². The lowest BCUT2D eigenvalue weighted by molar-refractivity contribution is 0.102. The molecule has 0 bridgehead atoms. The number of carbonyl (C=O) groups excluding carboxylic acids is 2. The van der Waals surface area contributed by atoms with Crippen molar-refractivity contribution in [3.05, 3.63) is 69.4 Å². The van der Waals surface area contributed by atoms with Crippen molar-refractivity contribution in [1.29, 1.82) is 0 Å². The Morgan fingerprint density at radius 3 is 2.68 bits per heavy atom. The van der Waals surface area contributed by atoms with Crippen LogP contribution in [0, 0.1) is 5.82 Å². The number of likely N-dealkylation sites (tertiary alicyclic amines) is 1. The molecule has 4 rings (SSSR count). The molecule has 1 fully saturated rings. The van der Waals surface area contributed by atoms with Crippen LogP contribution in [-0.4, -0.2) is 40.1 Å². The van der Waals surface area contributed by atoms with Gasteiger partial charge in [-0.15, -0.1) is 10.2 Å². The van der Waals surface area contributed by atoms with Crippen molar-refractivity contribution in [1.82, 2.24) is 15.1 Å². The van der Waals surface area contributed by atoms with Gasteiger partial charge < -0.3 is 15.5 Å². The van der Waals surface area contributed by atoms with E-state index in [1.807, 2.05) is 0 Å². The fourth-order valence-electron chi connectivity index (χ4n) is 3.34. The molecule has 1 aromatic heterocycles. The average molecular weight is 460 g/mol. The minimum absolute atomic E-state index is 0.00346. The zero-order chi connectivity index (χ0) is 21.8. The lowest BCUT2D eigenvalue weighted by Crippen LogP contribution is -2.41. The number of piperidine rings is 1. The second-order valence-electron chi connectivity index (χ2n) is 7.13. The van der Waals surface area contributed by atoms with Crippen molar-refractivity contribution in [3.63, 3.8) is 0 Å². The average Bonchev–Trinajstić information content (AvgIpc) is 3.26. The third kappa shape index (κ3) is 5.36. The van der Waals surface area contributed by atoms with Gasteiger partial charge in [0.2, 0.25) is 5.01 Å². The van der Waals surface area contributed by atoms with Crippen molar-refractivity contribution in [2.24, 2.45) is 0 Å². The maximum atomic E-state index is 13.0. The second kappa shape index (κ2) is 9.40. The Kier molecular flexibility index (Phi) is 6.43. The van der Waals surface area contributed by atoms with Gasteiger partial charge in [0.05, 0.1) is 0 Å². The van der Waals surface area contributed by atoms with Gasteiger partial charge in [-0.2, -0.15) is 0 Å². The number of urea groups is 1. The number of anilines is 2. The van der Waals surface area contributed by atoms with Gasteiger partial charge in [0.15, 0.2) is 0 Å². The van der Waals surface area contributed by atoms with Crippen molar-refractivity contribution < 1.29 is 14.0 Å². The van der Waals surface area contributed by atoms with Crippen molar-refractivity contribution in [2.45, 2.75) is 18.8 Å². The number of amides is 3. The third-order valence-corrected chi connectivity index (χ3v) is 6.19. The number of hydrogen-bond donors (Lipinski definition) is 2. The molecule has 160 valence electrons. The van der Waals surface area contributed by atoms with E-state index in [0.717, 1.165) is 12.8 Å². The van der Waals surface area contributed by atoms with Gasteiger partial charge in [-0.05, 0) is 55.3 Å². The molecule has 0 aliphatic carbocycles. The first-order chi connectivity index (χ1) is 15.0. The third-order valence-electron chi connectivity index (χ3n) is 4.87. The van der Waals surface area contributed by atoms with Gasteiger partial charge in [-0.3, -0.25) is 4.79 Å². The van der Waals surface area contributed by atoms with Crippen LogP contribution in [0.4, 0.5) is 20.6 Å². The number of hydrogen-bond acceptors (Lipinski definition) is 5. The molecule has 1 atom stereocenters. The molecule has 1 aliphatic rings. The predicted octanol–water partition coefficient (Wildman–Crippen LogP) is 4.99. The van der Waals surface area contributed by atoms with E-state index in [2.05, 4.69) is 20.8 Å². The van der Waals surface area contributed by atoms with E-state index in [1.165, 1.54) is 35.6 Å². The van der Waals surface area contributed by atoms with E-state index >= 15 is 0 Å². The fourth-order valence-corrected chi connectivity index (χ4v) is 4.40. The van der Waals surface area contributed by atoms with Gasteiger partial charge in [-0.1, -0.05) is 29.0 Å². The van der Waals surface area contributed by atoms with Crippen LogP contribution in [-0.2, 0) is 0 Å². The number of nitrogens with one attached hydrogen (secondary N) is 2. The number of rotatable bonds is 4. The summed E-state index contributed by atoms with van der Waals surface area (Å²) >= 11 is 7.18. The normalized spacial score (nSPS) is 16.1. The van der Waals surface area contributed by atoms with Crippen LogP contribution in [0.25, 0.3) is 0 Å². The molecule has 0 radical (unpaired) electrons. The molecule has 3 aromatic rings. The Morgan fingerprint density at radius 2 is 1.90 bits per heavy atom. The fraction of sp³-hybridized carbons (Fsp3) is 0.238. The molecule has 31 heavy (non-hydrogen) atoms. The number of aromatic nitrogens is 2. The summed E-state index contributed by atoms with van der Waals surface area (Å²) in [7, 11) is 0. The molecule has 1 aliphatic heterocycles. The summed E-state index contributed by atoms with van der Waals surface area (Å²) in [6.07, 6.45) is 1.68. The van der Waals surface area contributed by atoms with Crippen LogP contribution in [0.1, 0.15) is 33.6 Å². The maximum Gasteiger partial charge on any atom is 0.321 e. The van der Waals surface area contributed by atoms with Crippen LogP contribution < -0.4 is 10.6 Å². The first-order valence-electron chi connectivity index (χ1n) is 9.70. The monoisotopic (exact) mass is 459 g/mol. The summed E-state index contributed by atoms with van der Waals surface area (Å²) in [4.78, 5) is 26.8. The van der Waals surface area contributed by atoms with Crippen molar-refractivity contribution >= 4 is 46.3 Å². The Labute approximate surface area is 187 Å². The quantitative estimate of drug-likeness (QED) is 0.575. The van der Waals surface area contributed by atoms with Gasteiger partial charge in [0.25, 0.3) is 5.91 Å². The zero-order valence-corrected chi connectivity index (χ0v) is 17.9. The molecule has 10 heteroatoms. The lowest BCUT2D eigenvalue weighted by atomic mass is 9.99. The summed E-state index contributed by atoms with van der Waals surface area (Å²) in [5.74, 6) is -0.775. The van der Waals surface area contributed by atoms with Crippen LogP contribution in [0.3, 0.4) is 0 Å². The van der Waals surface area contributed by atoms with Crippen LogP contribution in [0.15, 0.2) is 48.5 Å². The van der Waals surface area contributed by atoms with Crippen LogP contribution in [0.5, 0.6) is 0 Å². The summed E-state index contributed by atoms with van der Waals surface area (Å²) in [6.45, 7) is 1.13. The second-order valence-corrected chi connectivity index (χ2v) is 8.58. The maximum absolute atomic E-state index is 13.0. The Hall–Kier alpha value is -3.04. The Bertz CT molecular complexity index is 1090. The van der Waals surface area contributed by atoms with Crippen molar-refractivity contribution in [3.8, 4) is 0 Å². The summed E-state index contributed by atoms with van der Waals surface area (Å²) in [5, 5.41) is 15.2. The van der Waals surface area contributed by atoms with Gasteiger partial charge in [0.1, 0.15) is 10.8 Å². The molecule has 1 saturated heterocycles. The zero-order valence-electron chi connectivity index (χ0n) is 16.3. The summed E-state index contributed by atoms with van der Waals surface area (Å²) < 4.78 is 13.0. The topological polar surface area (TPSA) is 87.2 Å². The first-order valence-corrected chi connectivity index (χ1v) is 10.9. The van der Waals surface area contributed by atoms with E-state index in [1.54, 1.807) is 29.2 Å². The summed E-state index contributed by atoms with van der Waals surface area (Å²) in [6, 6.07) is 12.3. The standard InChI is InChI=1S/C21H19ClFN5O2S/c22-14-4-1-5-17(11-14)25-21(30)28-10-2-3-13(12-28)19-26-27-20(31-19)18(29)24-16-8-6-15(23)7-9-16/h1,4-9,11,13H,2-3,10,12H2,(H,24,29)(H,25,30). The summed E-state index contributed by atoms with van der Waals surface area (Å²) in [5.41, 5.74) is 1.11. The van der Waals surface area contributed by atoms with E-state index in [9.17, 15) is 14.0 Å². The van der Waals surface area contributed by atoms with E-state index in [-0.39, 0.29) is 22.8 Å². The molecule has 7 nitrogen and oxygen atoms in total. The van der Waals surface area contributed by atoms with Crippen LogP contribution >= 0.6 is 22.9 Å².